The van der Waals surface area contributed by atoms with Gasteiger partial charge in [0.2, 0.25) is 16.9 Å². The summed E-state index contributed by atoms with van der Waals surface area (Å²) >= 11 is 11.9. The minimum absolute atomic E-state index is 0.205. The predicted octanol–water partition coefficient (Wildman–Crippen LogP) is 5.30. The largest absolute Gasteiger partial charge is 0.347 e. The van der Waals surface area contributed by atoms with Gasteiger partial charge in [-0.3, -0.25) is 4.79 Å². The lowest BCUT2D eigenvalue weighted by molar-refractivity contribution is -0.144. The number of nitrogens with zero attached hydrogens (tertiary/aromatic N) is 8. The molecule has 11 nitrogen and oxygen atoms in total. The highest BCUT2D eigenvalue weighted by Gasteiger charge is 2.25. The van der Waals surface area contributed by atoms with E-state index in [2.05, 4.69) is 34.6 Å². The van der Waals surface area contributed by atoms with Gasteiger partial charge < -0.3 is 19.5 Å². The second kappa shape index (κ2) is 13.8. The average Bonchev–Trinajstić information content (AvgIpc) is 3.56. The molecule has 4 aromatic heterocycles. The van der Waals surface area contributed by atoms with E-state index in [1.54, 1.807) is 18.5 Å². The third-order valence-corrected chi connectivity index (χ3v) is 7.62. The molecule has 0 bridgehead atoms. The average molecular weight is 604 g/mol. The van der Waals surface area contributed by atoms with Crippen LogP contribution in [-0.2, 0) is 9.47 Å². The van der Waals surface area contributed by atoms with Crippen LogP contribution in [0.3, 0.4) is 0 Å². The molecule has 220 valence electrons. The van der Waals surface area contributed by atoms with E-state index in [1.165, 1.54) is 25.7 Å². The lowest BCUT2D eigenvalue weighted by atomic mass is 10.2. The van der Waals surface area contributed by atoms with Gasteiger partial charge in [0.25, 0.3) is 0 Å². The molecule has 0 saturated carbocycles. The van der Waals surface area contributed by atoms with Crippen LogP contribution >= 0.6 is 23.2 Å². The van der Waals surface area contributed by atoms with Crippen molar-refractivity contribution in [2.75, 3.05) is 49.4 Å². The molecule has 6 heterocycles. The number of aromatic nitrogens is 6. The van der Waals surface area contributed by atoms with Gasteiger partial charge in [0.15, 0.2) is 17.6 Å². The van der Waals surface area contributed by atoms with E-state index in [0.29, 0.717) is 24.6 Å². The van der Waals surface area contributed by atoms with Crippen LogP contribution in [0, 0.1) is 0 Å². The number of aldehydes is 1. The molecule has 2 aliphatic heterocycles. The predicted molar refractivity (Wildman–Crippen MR) is 160 cm³/mol. The molecule has 0 aliphatic carbocycles. The molecule has 2 aliphatic rings. The highest BCUT2D eigenvalue weighted by Crippen LogP contribution is 2.28. The van der Waals surface area contributed by atoms with Crippen LogP contribution in [0.2, 0.25) is 10.6 Å². The minimum atomic E-state index is -0.417. The lowest BCUT2D eigenvalue weighted by Crippen LogP contribution is -2.40. The smallest absolute Gasteiger partial charge is 0.224 e. The van der Waals surface area contributed by atoms with Crippen molar-refractivity contribution in [2.45, 2.75) is 58.7 Å². The second-order valence-electron chi connectivity index (χ2n) is 9.99. The number of hydrogen-bond acceptors (Lipinski definition) is 9. The Balaban J connectivity index is 0.000000169. The Morgan fingerprint density at radius 2 is 1.27 bits per heavy atom. The van der Waals surface area contributed by atoms with E-state index in [4.69, 9.17) is 32.7 Å². The maximum absolute atomic E-state index is 11.2. The summed E-state index contributed by atoms with van der Waals surface area (Å²) in [5.74, 6) is 0. The Bertz CT molecular complexity index is 1460. The molecule has 2 fully saturated rings. The van der Waals surface area contributed by atoms with Gasteiger partial charge in [0, 0.05) is 62.6 Å². The Hall–Kier alpha value is -2.99. The molecular formula is C28H36Cl2N8O3. The molecule has 41 heavy (non-hydrogen) atoms. The van der Waals surface area contributed by atoms with Crippen LogP contribution in [0.25, 0.3) is 22.1 Å². The molecule has 0 radical (unpaired) electrons. The van der Waals surface area contributed by atoms with Crippen molar-refractivity contribution in [3.8, 4) is 0 Å². The van der Waals surface area contributed by atoms with E-state index in [9.17, 15) is 4.79 Å². The van der Waals surface area contributed by atoms with Gasteiger partial charge in [0.05, 0.1) is 5.69 Å². The molecule has 0 spiro atoms. The minimum Gasteiger partial charge on any atom is -0.347 e. The van der Waals surface area contributed by atoms with Crippen LogP contribution in [0.4, 0.5) is 0 Å². The van der Waals surface area contributed by atoms with Gasteiger partial charge in [-0.1, -0.05) is 0 Å². The molecular weight excluding hydrogens is 567 g/mol. The van der Waals surface area contributed by atoms with E-state index >= 15 is 0 Å². The van der Waals surface area contributed by atoms with Crippen molar-refractivity contribution in [2.24, 2.45) is 0 Å². The summed E-state index contributed by atoms with van der Waals surface area (Å²) in [4.78, 5) is 27.9. The Kier molecular flexibility index (Phi) is 9.92. The van der Waals surface area contributed by atoms with Crippen molar-refractivity contribution >= 4 is 51.6 Å². The zero-order valence-corrected chi connectivity index (χ0v) is 25.0. The Morgan fingerprint density at radius 3 is 1.78 bits per heavy atom. The molecule has 6 rings (SSSR count). The first-order valence-corrected chi connectivity index (χ1v) is 15.1. The van der Waals surface area contributed by atoms with E-state index < -0.39 is 6.29 Å². The van der Waals surface area contributed by atoms with E-state index in [0.717, 1.165) is 67.4 Å². The summed E-state index contributed by atoms with van der Waals surface area (Å²) in [5, 5.41) is 6.70. The molecule has 0 atom stereocenters. The quantitative estimate of drug-likeness (QED) is 0.151. The Labute approximate surface area is 249 Å². The van der Waals surface area contributed by atoms with Crippen LogP contribution in [0.5, 0.6) is 0 Å². The summed E-state index contributed by atoms with van der Waals surface area (Å²) in [5.41, 5.74) is 3.07. The molecule has 13 heteroatoms. The number of carbonyl (C=O) groups is 1. The molecule has 0 aromatic carbocycles. The fourth-order valence-electron chi connectivity index (χ4n) is 5.47. The fraction of sp³-hybridized carbons (Fsp3) is 0.536. The van der Waals surface area contributed by atoms with Crippen LogP contribution in [0.15, 0.2) is 24.5 Å². The number of ether oxygens (including phenoxy) is 2. The molecule has 0 amide bonds. The monoisotopic (exact) mass is 602 g/mol. The van der Waals surface area contributed by atoms with Crippen molar-refractivity contribution in [1.29, 1.82) is 0 Å². The van der Waals surface area contributed by atoms with Crippen LogP contribution in [0.1, 0.15) is 74.8 Å². The van der Waals surface area contributed by atoms with Gasteiger partial charge in [0.1, 0.15) is 5.69 Å². The zero-order chi connectivity index (χ0) is 28.8. The van der Waals surface area contributed by atoms with Crippen molar-refractivity contribution in [3.63, 3.8) is 0 Å². The van der Waals surface area contributed by atoms with Crippen LogP contribution < -0.4 is 10.0 Å². The number of halogens is 2. The normalized spacial score (nSPS) is 15.9. The first-order chi connectivity index (χ1) is 20.0. The van der Waals surface area contributed by atoms with Crippen molar-refractivity contribution in [3.05, 3.63) is 46.5 Å². The fourth-order valence-corrected chi connectivity index (χ4v) is 5.73. The first kappa shape index (κ1) is 29.5. The standard InChI is InChI=1S/C16H23ClN4O2.C12H13ClN4O/c1-3-22-15(23-4-2)13-10-12-11-18-16(17)19-14(12)21(13)20-8-6-5-7-9-20;13-12-14-7-9-6-10(8-18)17(11(9)15-12)16-4-2-1-3-5-16/h10-11,15H,3-9H2,1-2H3;6-8H,1-5H2. The molecule has 0 N–H and O–H groups in total. The third kappa shape index (κ3) is 6.58. The molecule has 0 unspecified atom stereocenters. The van der Waals surface area contributed by atoms with E-state index in [-0.39, 0.29) is 10.6 Å². The maximum atomic E-state index is 11.2. The van der Waals surface area contributed by atoms with Gasteiger partial charge in [-0.2, -0.15) is 9.97 Å². The highest BCUT2D eigenvalue weighted by atomic mass is 35.5. The third-order valence-electron chi connectivity index (χ3n) is 7.26. The SMILES string of the molecule is CCOC(OCC)c1cc2cnc(Cl)nc2n1N1CCCCC1.O=Cc1cc2cnc(Cl)nc2n1N1CCCCC1. The topological polar surface area (TPSA) is 103 Å². The van der Waals surface area contributed by atoms with Crippen LogP contribution in [-0.4, -0.2) is 75.0 Å². The zero-order valence-electron chi connectivity index (χ0n) is 23.5. The van der Waals surface area contributed by atoms with Crippen molar-refractivity contribution < 1.29 is 14.3 Å². The molecule has 4 aromatic rings. The number of carbonyl (C=O) groups excluding carboxylic acids is 1. The number of piperidine rings is 2. The van der Waals surface area contributed by atoms with Gasteiger partial charge in [-0.25, -0.2) is 19.3 Å². The summed E-state index contributed by atoms with van der Waals surface area (Å²) in [7, 11) is 0. The highest BCUT2D eigenvalue weighted by molar-refractivity contribution is 6.28. The summed E-state index contributed by atoms with van der Waals surface area (Å²) in [6.07, 6.45) is 11.0. The number of hydrogen-bond donors (Lipinski definition) is 0. The Morgan fingerprint density at radius 1 is 0.780 bits per heavy atom. The molecule has 2 saturated heterocycles. The number of fused-ring (bicyclic) bond motifs is 2. The second-order valence-corrected chi connectivity index (χ2v) is 10.7. The first-order valence-electron chi connectivity index (χ1n) is 14.3. The summed E-state index contributed by atoms with van der Waals surface area (Å²) in [6.45, 7) is 8.95. The van der Waals surface area contributed by atoms with Crippen molar-refractivity contribution in [1.82, 2.24) is 29.3 Å². The summed E-state index contributed by atoms with van der Waals surface area (Å²) in [6, 6.07) is 3.84. The van der Waals surface area contributed by atoms with E-state index in [1.807, 2.05) is 24.6 Å². The van der Waals surface area contributed by atoms with Gasteiger partial charge >= 0.3 is 0 Å². The summed E-state index contributed by atoms with van der Waals surface area (Å²) < 4.78 is 15.6. The lowest BCUT2D eigenvalue weighted by Gasteiger charge is -2.33. The number of rotatable bonds is 8. The maximum Gasteiger partial charge on any atom is 0.224 e. The van der Waals surface area contributed by atoms with Gasteiger partial charge in [-0.05, 0) is 87.7 Å². The van der Waals surface area contributed by atoms with Gasteiger partial charge in [-0.15, -0.1) is 0 Å².